The fourth-order valence-electron chi connectivity index (χ4n) is 3.09. The zero-order valence-electron chi connectivity index (χ0n) is 13.7. The van der Waals surface area contributed by atoms with Crippen LogP contribution in [0.3, 0.4) is 0 Å². The molecule has 6 heteroatoms. The summed E-state index contributed by atoms with van der Waals surface area (Å²) in [6.07, 6.45) is 4.00. The van der Waals surface area contributed by atoms with Crippen LogP contribution >= 0.6 is 0 Å². The van der Waals surface area contributed by atoms with E-state index in [1.54, 1.807) is 17.0 Å². The first-order valence-electron chi connectivity index (χ1n) is 8.59. The Morgan fingerprint density at radius 1 is 1.17 bits per heavy atom. The Morgan fingerprint density at radius 3 is 2.67 bits per heavy atom. The number of benzene rings is 1. The molecule has 0 unspecified atom stereocenters. The fraction of sp³-hybridized carbons (Fsp3) is 0.556. The van der Waals surface area contributed by atoms with Gasteiger partial charge in [0, 0.05) is 25.9 Å². The lowest BCUT2D eigenvalue weighted by atomic mass is 10.1. The molecule has 5 nitrogen and oxygen atoms in total. The van der Waals surface area contributed by atoms with E-state index in [9.17, 15) is 14.0 Å². The molecule has 0 N–H and O–H groups in total. The summed E-state index contributed by atoms with van der Waals surface area (Å²) >= 11 is 0. The molecule has 24 heavy (non-hydrogen) atoms. The van der Waals surface area contributed by atoms with Gasteiger partial charge in [-0.05, 0) is 37.1 Å². The Labute approximate surface area is 141 Å². The second-order valence-electron chi connectivity index (χ2n) is 6.43. The maximum absolute atomic E-state index is 12.8. The van der Waals surface area contributed by atoms with Gasteiger partial charge in [0.05, 0.1) is 13.1 Å². The van der Waals surface area contributed by atoms with Crippen LogP contribution in [0.4, 0.5) is 4.39 Å². The summed E-state index contributed by atoms with van der Waals surface area (Å²) in [4.78, 5) is 27.7. The lowest BCUT2D eigenvalue weighted by molar-refractivity contribution is -0.141. The van der Waals surface area contributed by atoms with E-state index in [4.69, 9.17) is 4.74 Å². The molecule has 2 saturated heterocycles. The van der Waals surface area contributed by atoms with Crippen LogP contribution in [0.2, 0.25) is 0 Å². The minimum atomic E-state index is -0.296. The Hall–Kier alpha value is -2.11. The Morgan fingerprint density at radius 2 is 1.92 bits per heavy atom. The molecule has 1 aromatic carbocycles. The van der Waals surface area contributed by atoms with Crippen LogP contribution in [0.1, 0.15) is 32.1 Å². The third-order valence-electron chi connectivity index (χ3n) is 4.58. The van der Waals surface area contributed by atoms with Crippen molar-refractivity contribution >= 4 is 11.8 Å². The van der Waals surface area contributed by atoms with Gasteiger partial charge >= 0.3 is 0 Å². The van der Waals surface area contributed by atoms with Crippen molar-refractivity contribution in [2.75, 3.05) is 26.2 Å². The third kappa shape index (κ3) is 4.24. The van der Waals surface area contributed by atoms with E-state index < -0.39 is 0 Å². The maximum atomic E-state index is 12.8. The highest BCUT2D eigenvalue weighted by Crippen LogP contribution is 2.19. The highest BCUT2D eigenvalue weighted by Gasteiger charge is 2.32. The molecular weight excluding hydrogens is 311 g/mol. The van der Waals surface area contributed by atoms with Crippen molar-refractivity contribution < 1.29 is 18.7 Å². The van der Waals surface area contributed by atoms with Gasteiger partial charge in [0.25, 0.3) is 0 Å². The zero-order valence-corrected chi connectivity index (χ0v) is 13.7. The van der Waals surface area contributed by atoms with Gasteiger partial charge in [-0.3, -0.25) is 9.59 Å². The number of carbonyl (C=O) groups excluding carboxylic acids is 2. The van der Waals surface area contributed by atoms with E-state index in [0.29, 0.717) is 38.2 Å². The van der Waals surface area contributed by atoms with Crippen LogP contribution < -0.4 is 4.74 Å². The molecule has 2 aliphatic rings. The minimum Gasteiger partial charge on any atom is -0.487 e. The molecule has 0 saturated carbocycles. The molecule has 1 aromatic rings. The lowest BCUT2D eigenvalue weighted by Gasteiger charge is -2.39. The van der Waals surface area contributed by atoms with E-state index in [-0.39, 0.29) is 23.7 Å². The van der Waals surface area contributed by atoms with Gasteiger partial charge in [-0.15, -0.1) is 0 Å². The summed E-state index contributed by atoms with van der Waals surface area (Å²) in [6.45, 7) is 2.37. The van der Waals surface area contributed by atoms with Gasteiger partial charge in [-0.2, -0.15) is 0 Å². The van der Waals surface area contributed by atoms with Gasteiger partial charge < -0.3 is 14.5 Å². The van der Waals surface area contributed by atoms with E-state index in [1.165, 1.54) is 12.1 Å². The first-order chi connectivity index (χ1) is 11.6. The van der Waals surface area contributed by atoms with Gasteiger partial charge in [0.2, 0.25) is 11.8 Å². The largest absolute Gasteiger partial charge is 0.487 e. The number of carbonyl (C=O) groups is 2. The fourth-order valence-corrected chi connectivity index (χ4v) is 3.09. The summed E-state index contributed by atoms with van der Waals surface area (Å²) in [5, 5.41) is 0. The molecule has 2 aliphatic heterocycles. The average molecular weight is 334 g/mol. The SMILES string of the molecule is O=C1CCCCCN1CCC(=O)N1CC(Oc2ccc(F)cc2)C1. The van der Waals surface area contributed by atoms with Crippen molar-refractivity contribution in [1.29, 1.82) is 0 Å². The number of nitrogens with zero attached hydrogens (tertiary/aromatic N) is 2. The number of likely N-dealkylation sites (tertiary alicyclic amines) is 2. The molecule has 2 fully saturated rings. The molecule has 130 valence electrons. The predicted octanol–water partition coefficient (Wildman–Crippen LogP) is 2.21. The highest BCUT2D eigenvalue weighted by atomic mass is 19.1. The Bertz CT molecular complexity index is 584. The van der Waals surface area contributed by atoms with Crippen LogP contribution in [0.5, 0.6) is 5.75 Å². The maximum Gasteiger partial charge on any atom is 0.224 e. The summed E-state index contributed by atoms with van der Waals surface area (Å²) in [5.41, 5.74) is 0. The Balaban J connectivity index is 1.38. The molecule has 0 bridgehead atoms. The topological polar surface area (TPSA) is 49.9 Å². The number of amides is 2. The second kappa shape index (κ2) is 7.64. The zero-order chi connectivity index (χ0) is 16.9. The van der Waals surface area contributed by atoms with Gasteiger partial charge in [-0.1, -0.05) is 6.42 Å². The number of rotatable bonds is 5. The number of hydrogen-bond acceptors (Lipinski definition) is 3. The summed E-state index contributed by atoms with van der Waals surface area (Å²) in [7, 11) is 0. The highest BCUT2D eigenvalue weighted by molar-refractivity contribution is 5.79. The normalized spacial score (nSPS) is 19.0. The van der Waals surface area contributed by atoms with Gasteiger partial charge in [0.15, 0.2) is 0 Å². The molecule has 0 aliphatic carbocycles. The molecule has 3 rings (SSSR count). The van der Waals surface area contributed by atoms with E-state index in [1.807, 2.05) is 4.90 Å². The first kappa shape index (κ1) is 16.7. The third-order valence-corrected chi connectivity index (χ3v) is 4.58. The quantitative estimate of drug-likeness (QED) is 0.829. The van der Waals surface area contributed by atoms with Crippen molar-refractivity contribution in [3.63, 3.8) is 0 Å². The molecular formula is C18H23FN2O3. The van der Waals surface area contributed by atoms with E-state index in [2.05, 4.69) is 0 Å². The van der Waals surface area contributed by atoms with Crippen molar-refractivity contribution in [2.24, 2.45) is 0 Å². The Kier molecular flexibility index (Phi) is 5.33. The van der Waals surface area contributed by atoms with Crippen LogP contribution in [-0.4, -0.2) is 53.9 Å². The minimum absolute atomic E-state index is 0.0424. The molecule has 0 aromatic heterocycles. The second-order valence-corrected chi connectivity index (χ2v) is 6.43. The van der Waals surface area contributed by atoms with E-state index in [0.717, 1.165) is 25.8 Å². The van der Waals surface area contributed by atoms with Crippen LogP contribution in [-0.2, 0) is 9.59 Å². The molecule has 2 amide bonds. The van der Waals surface area contributed by atoms with E-state index >= 15 is 0 Å². The van der Waals surface area contributed by atoms with Crippen molar-refractivity contribution in [2.45, 2.75) is 38.2 Å². The van der Waals surface area contributed by atoms with Gasteiger partial charge in [-0.25, -0.2) is 4.39 Å². The molecule has 0 atom stereocenters. The van der Waals surface area contributed by atoms with Crippen molar-refractivity contribution in [3.8, 4) is 5.75 Å². The molecule has 0 radical (unpaired) electrons. The van der Waals surface area contributed by atoms with Crippen LogP contribution in [0, 0.1) is 5.82 Å². The van der Waals surface area contributed by atoms with Crippen molar-refractivity contribution in [1.82, 2.24) is 9.80 Å². The van der Waals surface area contributed by atoms with Crippen LogP contribution in [0.25, 0.3) is 0 Å². The van der Waals surface area contributed by atoms with Crippen LogP contribution in [0.15, 0.2) is 24.3 Å². The number of ether oxygens (including phenoxy) is 1. The lowest BCUT2D eigenvalue weighted by Crippen LogP contribution is -2.56. The summed E-state index contributed by atoms with van der Waals surface area (Å²) in [5.74, 6) is 0.548. The summed E-state index contributed by atoms with van der Waals surface area (Å²) < 4.78 is 18.5. The standard InChI is InChI=1S/C18H23FN2O3/c19-14-5-7-15(8-6-14)24-16-12-21(13-16)18(23)9-11-20-10-3-1-2-4-17(20)22/h5-8,16H,1-4,9-13H2. The predicted molar refractivity (Wildman–Crippen MR) is 87.1 cm³/mol. The van der Waals surface area contributed by atoms with Gasteiger partial charge in [0.1, 0.15) is 17.7 Å². The molecule has 2 heterocycles. The monoisotopic (exact) mass is 334 g/mol. The number of halogens is 1. The van der Waals surface area contributed by atoms with Crippen molar-refractivity contribution in [3.05, 3.63) is 30.1 Å². The average Bonchev–Trinajstić information content (AvgIpc) is 2.74. The smallest absolute Gasteiger partial charge is 0.224 e. The first-order valence-corrected chi connectivity index (χ1v) is 8.59. The molecule has 0 spiro atoms. The summed E-state index contributed by atoms with van der Waals surface area (Å²) in [6, 6.07) is 5.89. The number of hydrogen-bond donors (Lipinski definition) is 0.